The number of halogens is 6. The number of alkyl halides is 6. The molecule has 18 heteroatoms. The highest BCUT2D eigenvalue weighted by molar-refractivity contribution is 6.41. The maximum Gasteiger partial charge on any atom is 0.417 e. The third kappa shape index (κ3) is 7.02. The van der Waals surface area contributed by atoms with Gasteiger partial charge in [0.15, 0.2) is 0 Å². The summed E-state index contributed by atoms with van der Waals surface area (Å²) in [7, 11) is 0. The molecule has 0 fully saturated rings. The number of aromatic nitrogens is 6. The summed E-state index contributed by atoms with van der Waals surface area (Å²) in [6.07, 6.45) is -3.01. The molecule has 0 aliphatic carbocycles. The molecule has 0 aliphatic heterocycles. The summed E-state index contributed by atoms with van der Waals surface area (Å²) in [5.74, 6) is -7.79. The van der Waals surface area contributed by atoms with E-state index < -0.39 is 71.3 Å². The number of nitrogens with zero attached hydrogens (tertiary/aromatic N) is 8. The molecule has 226 valence electrons. The first-order valence-electron chi connectivity index (χ1n) is 12.0. The molecular formula is C26H16F6N8O4. The Morgan fingerprint density at radius 2 is 0.909 bits per heavy atom. The Bertz CT molecular complexity index is 1560. The number of rotatable bonds is 6. The van der Waals surface area contributed by atoms with E-state index in [1.54, 1.807) is 0 Å². The largest absolute Gasteiger partial charge is 0.417 e. The first kappa shape index (κ1) is 31.3. The molecular weight excluding hydrogens is 602 g/mol. The fraction of sp³-hybridized carbons (Fsp3) is 0.154. The van der Waals surface area contributed by atoms with E-state index in [4.69, 9.17) is 0 Å². The molecule has 0 atom stereocenters. The molecule has 0 aliphatic rings. The fourth-order valence-corrected chi connectivity index (χ4v) is 3.72. The molecule has 0 N–H and O–H groups in total. The van der Waals surface area contributed by atoms with Gasteiger partial charge in [0, 0.05) is 49.6 Å². The zero-order valence-corrected chi connectivity index (χ0v) is 21.8. The van der Waals surface area contributed by atoms with Gasteiger partial charge in [-0.15, -0.1) is 0 Å². The van der Waals surface area contributed by atoms with Crippen molar-refractivity contribution in [2.45, 2.75) is 25.4 Å². The van der Waals surface area contributed by atoms with E-state index in [0.29, 0.717) is 24.5 Å². The minimum atomic E-state index is -5.10. The van der Waals surface area contributed by atoms with E-state index in [2.05, 4.69) is 29.9 Å². The summed E-state index contributed by atoms with van der Waals surface area (Å²) in [6.45, 7) is -1.94. The molecule has 0 unspecified atom stereocenters. The van der Waals surface area contributed by atoms with Crippen molar-refractivity contribution in [2.24, 2.45) is 0 Å². The number of carbonyl (C=O) groups is 4. The second kappa shape index (κ2) is 12.7. The molecule has 0 saturated heterocycles. The molecule has 0 bridgehead atoms. The first-order chi connectivity index (χ1) is 20.8. The van der Waals surface area contributed by atoms with Crippen LogP contribution in [0.15, 0.2) is 73.8 Å². The number of amides is 4. The Kier molecular flexibility index (Phi) is 9.01. The summed E-state index contributed by atoms with van der Waals surface area (Å²) in [5.41, 5.74) is -5.30. The average molecular weight is 618 g/mol. The topological polar surface area (TPSA) is 152 Å². The van der Waals surface area contributed by atoms with Gasteiger partial charge < -0.3 is 0 Å². The van der Waals surface area contributed by atoms with Crippen molar-refractivity contribution in [3.05, 3.63) is 108 Å². The van der Waals surface area contributed by atoms with Crippen molar-refractivity contribution in [2.75, 3.05) is 0 Å². The van der Waals surface area contributed by atoms with Gasteiger partial charge in [0.1, 0.15) is 11.6 Å². The Balaban J connectivity index is 1.81. The van der Waals surface area contributed by atoms with Crippen molar-refractivity contribution in [1.29, 1.82) is 0 Å². The van der Waals surface area contributed by atoms with Gasteiger partial charge in [0.25, 0.3) is 11.8 Å². The van der Waals surface area contributed by atoms with Gasteiger partial charge in [-0.2, -0.15) is 26.3 Å². The minimum Gasteiger partial charge on any atom is -0.268 e. The summed E-state index contributed by atoms with van der Waals surface area (Å²) in [5, 5.41) is 0. The lowest BCUT2D eigenvalue weighted by molar-refractivity contribution is -0.149. The van der Waals surface area contributed by atoms with Gasteiger partial charge in [0.2, 0.25) is 0 Å². The zero-order chi connectivity index (χ0) is 32.1. The Hall–Kier alpha value is -5.68. The van der Waals surface area contributed by atoms with Gasteiger partial charge in [-0.3, -0.25) is 38.9 Å². The predicted octanol–water partition coefficient (Wildman–Crippen LogP) is 3.13. The monoisotopic (exact) mass is 618 g/mol. The third-order valence-corrected chi connectivity index (χ3v) is 5.71. The van der Waals surface area contributed by atoms with E-state index >= 15 is 0 Å². The van der Waals surface area contributed by atoms with Crippen LogP contribution in [0.25, 0.3) is 0 Å². The minimum absolute atomic E-state index is 0.0178. The van der Waals surface area contributed by atoms with Crippen LogP contribution in [0.5, 0.6) is 0 Å². The number of pyridine rings is 2. The van der Waals surface area contributed by atoms with Crippen LogP contribution in [0.3, 0.4) is 0 Å². The summed E-state index contributed by atoms with van der Waals surface area (Å²) in [6, 6.07) is 3.61. The molecule has 4 aromatic rings. The maximum absolute atomic E-state index is 13.7. The molecule has 0 saturated carbocycles. The lowest BCUT2D eigenvalue weighted by atomic mass is 10.1. The van der Waals surface area contributed by atoms with E-state index in [0.717, 1.165) is 12.4 Å². The third-order valence-electron chi connectivity index (χ3n) is 5.71. The number of imide groups is 2. The number of carbonyl (C=O) groups excluding carboxylic acids is 4. The Labute approximate surface area is 242 Å². The van der Waals surface area contributed by atoms with Crippen molar-refractivity contribution in [1.82, 2.24) is 39.7 Å². The normalized spacial score (nSPS) is 11.5. The number of hydrogen-bond donors (Lipinski definition) is 0. The molecule has 0 radical (unpaired) electrons. The SMILES string of the molecule is O=C(C(=O)N(Cc1ncccn1)C(=O)c1cnccc1C(F)(F)F)N(Cc1ncccn1)C(=O)c1cnccc1C(F)(F)F. The quantitative estimate of drug-likeness (QED) is 0.233. The molecule has 44 heavy (non-hydrogen) atoms. The van der Waals surface area contributed by atoms with Gasteiger partial charge in [0.05, 0.1) is 35.3 Å². The van der Waals surface area contributed by atoms with E-state index in [1.807, 2.05) is 0 Å². The molecule has 4 rings (SSSR count). The standard InChI is InChI=1S/C26H16F6N8O4/c27-25(28,29)17-3-9-33-11-15(17)21(41)39(13-19-35-5-1-6-36-19)23(43)24(44)40(14-20-37-7-2-8-38-20)22(42)16-12-34-10-4-18(16)26(30,31)32/h1-12H,13-14H2. The number of hydrogen-bond acceptors (Lipinski definition) is 10. The van der Waals surface area contributed by atoms with Gasteiger partial charge in [-0.25, -0.2) is 19.9 Å². The van der Waals surface area contributed by atoms with Crippen LogP contribution in [0, 0.1) is 0 Å². The molecule has 4 heterocycles. The highest BCUT2D eigenvalue weighted by atomic mass is 19.4. The predicted molar refractivity (Wildman–Crippen MR) is 132 cm³/mol. The Morgan fingerprint density at radius 1 is 0.568 bits per heavy atom. The molecule has 12 nitrogen and oxygen atoms in total. The second-order valence-corrected chi connectivity index (χ2v) is 8.56. The Morgan fingerprint density at radius 3 is 1.23 bits per heavy atom. The summed E-state index contributed by atoms with van der Waals surface area (Å²) < 4.78 is 82.3. The van der Waals surface area contributed by atoms with E-state index in [1.165, 1.54) is 36.9 Å². The molecule has 4 aromatic heterocycles. The smallest absolute Gasteiger partial charge is 0.268 e. The second-order valence-electron chi connectivity index (χ2n) is 8.56. The van der Waals surface area contributed by atoms with Crippen LogP contribution in [-0.4, -0.2) is 63.3 Å². The van der Waals surface area contributed by atoms with Crippen molar-refractivity contribution < 1.29 is 45.5 Å². The zero-order valence-electron chi connectivity index (χ0n) is 21.8. The van der Waals surface area contributed by atoms with Crippen LogP contribution in [0.4, 0.5) is 26.3 Å². The molecule has 0 aromatic carbocycles. The highest BCUT2D eigenvalue weighted by Gasteiger charge is 2.42. The van der Waals surface area contributed by atoms with Crippen LogP contribution in [-0.2, 0) is 35.0 Å². The highest BCUT2D eigenvalue weighted by Crippen LogP contribution is 2.33. The lowest BCUT2D eigenvalue weighted by Gasteiger charge is -2.25. The molecule has 0 spiro atoms. The van der Waals surface area contributed by atoms with Crippen LogP contribution in [0.1, 0.15) is 43.5 Å². The van der Waals surface area contributed by atoms with Crippen LogP contribution < -0.4 is 0 Å². The van der Waals surface area contributed by atoms with Crippen molar-refractivity contribution >= 4 is 23.6 Å². The maximum atomic E-state index is 13.7. The van der Waals surface area contributed by atoms with Crippen LogP contribution >= 0.6 is 0 Å². The summed E-state index contributed by atoms with van der Waals surface area (Å²) >= 11 is 0. The first-order valence-corrected chi connectivity index (χ1v) is 12.0. The van der Waals surface area contributed by atoms with Crippen molar-refractivity contribution in [3.8, 4) is 0 Å². The lowest BCUT2D eigenvalue weighted by Crippen LogP contribution is -2.50. The van der Waals surface area contributed by atoms with E-state index in [-0.39, 0.29) is 21.4 Å². The van der Waals surface area contributed by atoms with Gasteiger partial charge in [-0.05, 0) is 24.3 Å². The average Bonchev–Trinajstić information content (AvgIpc) is 3.01. The van der Waals surface area contributed by atoms with Crippen molar-refractivity contribution in [3.63, 3.8) is 0 Å². The fourth-order valence-electron chi connectivity index (χ4n) is 3.72. The van der Waals surface area contributed by atoms with Gasteiger partial charge >= 0.3 is 24.2 Å². The van der Waals surface area contributed by atoms with E-state index in [9.17, 15) is 45.5 Å². The molecule has 4 amide bonds. The van der Waals surface area contributed by atoms with Gasteiger partial charge in [-0.1, -0.05) is 0 Å². The summed E-state index contributed by atoms with van der Waals surface area (Å²) in [4.78, 5) is 76.3. The van der Waals surface area contributed by atoms with Crippen LogP contribution in [0.2, 0.25) is 0 Å².